The Labute approximate surface area is 144 Å². The van der Waals surface area contributed by atoms with Crippen molar-refractivity contribution in [2.24, 2.45) is 10.7 Å². The summed E-state index contributed by atoms with van der Waals surface area (Å²) in [5.41, 5.74) is 7.13. The lowest BCUT2D eigenvalue weighted by molar-refractivity contribution is 0.344. The van der Waals surface area contributed by atoms with Crippen LogP contribution in [0.25, 0.3) is 0 Å². The first-order chi connectivity index (χ1) is 10.6. The number of amidine groups is 1. The fourth-order valence-corrected chi connectivity index (χ4v) is 2.74. The lowest BCUT2D eigenvalue weighted by Crippen LogP contribution is -2.11. The van der Waals surface area contributed by atoms with Crippen LogP contribution in [-0.2, 0) is 0 Å². The van der Waals surface area contributed by atoms with Crippen molar-refractivity contribution in [1.29, 1.82) is 0 Å². The van der Waals surface area contributed by atoms with E-state index in [9.17, 15) is 0 Å². The minimum absolute atomic E-state index is 0.0705. The molecule has 0 bridgehead atoms. The SMILES string of the molecule is C[C@H](N=C(N)SCCOc1ccc(Br)cc1)c1ccccc1. The summed E-state index contributed by atoms with van der Waals surface area (Å²) in [6.07, 6.45) is 0. The topological polar surface area (TPSA) is 47.6 Å². The van der Waals surface area contributed by atoms with Crippen molar-refractivity contribution in [1.82, 2.24) is 0 Å². The van der Waals surface area contributed by atoms with Crippen molar-refractivity contribution >= 4 is 32.9 Å². The molecule has 116 valence electrons. The standard InChI is InChI=1S/C17H19BrN2OS/c1-13(14-5-3-2-4-6-14)20-17(19)22-12-11-21-16-9-7-15(18)8-10-16/h2-10,13H,11-12H2,1H3,(H2,19,20)/t13-/m0/s1. The van der Waals surface area contributed by atoms with E-state index in [1.54, 1.807) is 0 Å². The fourth-order valence-electron chi connectivity index (χ4n) is 1.87. The summed E-state index contributed by atoms with van der Waals surface area (Å²) in [5.74, 6) is 1.63. The Kier molecular flexibility index (Phi) is 6.80. The molecule has 22 heavy (non-hydrogen) atoms. The number of rotatable bonds is 6. The summed E-state index contributed by atoms with van der Waals surface area (Å²) in [6.45, 7) is 2.64. The van der Waals surface area contributed by atoms with E-state index >= 15 is 0 Å². The Balaban J connectivity index is 1.74. The minimum atomic E-state index is 0.0705. The zero-order valence-corrected chi connectivity index (χ0v) is 14.8. The number of halogens is 1. The molecule has 2 aromatic rings. The Bertz CT molecular complexity index is 602. The zero-order chi connectivity index (χ0) is 15.8. The van der Waals surface area contributed by atoms with E-state index in [0.29, 0.717) is 11.8 Å². The van der Waals surface area contributed by atoms with E-state index in [1.807, 2.05) is 49.4 Å². The van der Waals surface area contributed by atoms with Crippen molar-refractivity contribution in [2.75, 3.05) is 12.4 Å². The van der Waals surface area contributed by atoms with Crippen molar-refractivity contribution < 1.29 is 4.74 Å². The summed E-state index contributed by atoms with van der Waals surface area (Å²) in [7, 11) is 0. The molecule has 2 rings (SSSR count). The van der Waals surface area contributed by atoms with Gasteiger partial charge in [-0.15, -0.1) is 0 Å². The van der Waals surface area contributed by atoms with E-state index in [4.69, 9.17) is 10.5 Å². The summed E-state index contributed by atoms with van der Waals surface area (Å²) < 4.78 is 6.69. The second-order valence-corrected chi connectivity index (χ2v) is 6.74. The molecule has 0 spiro atoms. The monoisotopic (exact) mass is 378 g/mol. The van der Waals surface area contributed by atoms with Crippen LogP contribution < -0.4 is 10.5 Å². The lowest BCUT2D eigenvalue weighted by Gasteiger charge is -2.09. The maximum atomic E-state index is 5.96. The molecule has 0 unspecified atom stereocenters. The third-order valence-electron chi connectivity index (χ3n) is 3.02. The van der Waals surface area contributed by atoms with Crippen LogP contribution >= 0.6 is 27.7 Å². The molecule has 0 aromatic heterocycles. The third-order valence-corrected chi connectivity index (χ3v) is 4.32. The molecule has 3 nitrogen and oxygen atoms in total. The highest BCUT2D eigenvalue weighted by Gasteiger charge is 2.04. The van der Waals surface area contributed by atoms with Crippen LogP contribution in [0.15, 0.2) is 64.1 Å². The van der Waals surface area contributed by atoms with Gasteiger partial charge in [-0.2, -0.15) is 0 Å². The van der Waals surface area contributed by atoms with Crippen LogP contribution in [0.1, 0.15) is 18.5 Å². The van der Waals surface area contributed by atoms with Gasteiger partial charge in [0.1, 0.15) is 5.75 Å². The van der Waals surface area contributed by atoms with Crippen molar-refractivity contribution in [2.45, 2.75) is 13.0 Å². The van der Waals surface area contributed by atoms with E-state index in [-0.39, 0.29) is 6.04 Å². The molecule has 0 aliphatic carbocycles. The van der Waals surface area contributed by atoms with Gasteiger partial charge in [-0.1, -0.05) is 58.0 Å². The van der Waals surface area contributed by atoms with Gasteiger partial charge < -0.3 is 10.5 Å². The highest BCUT2D eigenvalue weighted by atomic mass is 79.9. The third kappa shape index (κ3) is 5.73. The molecule has 2 N–H and O–H groups in total. The number of benzene rings is 2. The molecule has 5 heteroatoms. The van der Waals surface area contributed by atoms with Gasteiger partial charge in [0.15, 0.2) is 5.17 Å². The molecule has 0 radical (unpaired) electrons. The Morgan fingerprint density at radius 1 is 1.18 bits per heavy atom. The highest BCUT2D eigenvalue weighted by molar-refractivity contribution is 9.10. The Morgan fingerprint density at radius 2 is 1.86 bits per heavy atom. The zero-order valence-electron chi connectivity index (χ0n) is 12.4. The number of hydrogen-bond acceptors (Lipinski definition) is 3. The van der Waals surface area contributed by atoms with Crippen LogP contribution in [0.3, 0.4) is 0 Å². The van der Waals surface area contributed by atoms with Crippen molar-refractivity contribution in [3.63, 3.8) is 0 Å². The number of nitrogens with zero attached hydrogens (tertiary/aromatic N) is 1. The summed E-state index contributed by atoms with van der Waals surface area (Å²) in [4.78, 5) is 4.50. The molecule has 2 aromatic carbocycles. The largest absolute Gasteiger partial charge is 0.493 e. The summed E-state index contributed by atoms with van der Waals surface area (Å²) in [5, 5.41) is 0.593. The van der Waals surface area contributed by atoms with E-state index in [1.165, 1.54) is 11.8 Å². The van der Waals surface area contributed by atoms with Gasteiger partial charge in [0.05, 0.1) is 12.6 Å². The average Bonchev–Trinajstić information content (AvgIpc) is 2.54. The van der Waals surface area contributed by atoms with Crippen molar-refractivity contribution in [3.05, 3.63) is 64.6 Å². The van der Waals surface area contributed by atoms with Gasteiger partial charge >= 0.3 is 0 Å². The van der Waals surface area contributed by atoms with Gasteiger partial charge in [0, 0.05) is 10.2 Å². The van der Waals surface area contributed by atoms with Gasteiger partial charge in [-0.3, -0.25) is 4.99 Å². The van der Waals surface area contributed by atoms with Crippen LogP contribution in [0.4, 0.5) is 0 Å². The van der Waals surface area contributed by atoms with Gasteiger partial charge in [0.25, 0.3) is 0 Å². The second kappa shape index (κ2) is 8.86. The number of nitrogens with two attached hydrogens (primary N) is 1. The number of hydrogen-bond donors (Lipinski definition) is 1. The van der Waals surface area contributed by atoms with E-state index in [2.05, 4.69) is 33.1 Å². The summed E-state index contributed by atoms with van der Waals surface area (Å²) >= 11 is 4.91. The first kappa shape index (κ1) is 16.9. The molecule has 0 amide bonds. The molecule has 0 fully saturated rings. The predicted octanol–water partition coefficient (Wildman–Crippen LogP) is 4.64. The molecule has 1 atom stereocenters. The van der Waals surface area contributed by atoms with Gasteiger partial charge in [0.2, 0.25) is 0 Å². The van der Waals surface area contributed by atoms with E-state index in [0.717, 1.165) is 21.5 Å². The molecule has 0 saturated heterocycles. The first-order valence-corrected chi connectivity index (χ1v) is 8.82. The van der Waals surface area contributed by atoms with Gasteiger partial charge in [-0.05, 0) is 36.8 Å². The molecular weight excluding hydrogens is 360 g/mol. The molecular formula is C17H19BrN2OS. The fraction of sp³-hybridized carbons (Fsp3) is 0.235. The molecule has 0 saturated carbocycles. The number of aliphatic imine (C=N–C) groups is 1. The predicted molar refractivity (Wildman–Crippen MR) is 98.6 cm³/mol. The minimum Gasteiger partial charge on any atom is -0.493 e. The molecule has 0 heterocycles. The number of ether oxygens (including phenoxy) is 1. The first-order valence-electron chi connectivity index (χ1n) is 7.04. The molecule has 0 aliphatic rings. The second-order valence-electron chi connectivity index (χ2n) is 4.70. The lowest BCUT2D eigenvalue weighted by atomic mass is 10.1. The quantitative estimate of drug-likeness (QED) is 0.452. The van der Waals surface area contributed by atoms with Crippen LogP contribution in [0, 0.1) is 0 Å². The van der Waals surface area contributed by atoms with Crippen molar-refractivity contribution in [3.8, 4) is 5.75 Å². The van der Waals surface area contributed by atoms with E-state index < -0.39 is 0 Å². The number of thioether (sulfide) groups is 1. The maximum absolute atomic E-state index is 5.96. The average molecular weight is 379 g/mol. The highest BCUT2D eigenvalue weighted by Crippen LogP contribution is 2.18. The maximum Gasteiger partial charge on any atom is 0.154 e. The van der Waals surface area contributed by atoms with Gasteiger partial charge in [-0.25, -0.2) is 0 Å². The van der Waals surface area contributed by atoms with Crippen LogP contribution in [-0.4, -0.2) is 17.5 Å². The Morgan fingerprint density at radius 3 is 2.55 bits per heavy atom. The van der Waals surface area contributed by atoms with Crippen LogP contribution in [0.2, 0.25) is 0 Å². The summed E-state index contributed by atoms with van der Waals surface area (Å²) in [6, 6.07) is 18.0. The van der Waals surface area contributed by atoms with Crippen LogP contribution in [0.5, 0.6) is 5.75 Å². The molecule has 0 aliphatic heterocycles. The normalized spacial score (nSPS) is 12.9. The smallest absolute Gasteiger partial charge is 0.154 e. The Hall–Kier alpha value is -1.46.